The summed E-state index contributed by atoms with van der Waals surface area (Å²) >= 11 is 0. The predicted molar refractivity (Wildman–Crippen MR) is 109 cm³/mol. The summed E-state index contributed by atoms with van der Waals surface area (Å²) in [4.78, 5) is 21.0. The highest BCUT2D eigenvalue weighted by Gasteiger charge is 2.16. The Balaban J connectivity index is 1.71. The van der Waals surface area contributed by atoms with E-state index in [4.69, 9.17) is 0 Å². The molecule has 4 rings (SSSR count). The lowest BCUT2D eigenvalue weighted by atomic mass is 9.97. The van der Waals surface area contributed by atoms with Gasteiger partial charge in [-0.1, -0.05) is 20.8 Å². The van der Waals surface area contributed by atoms with Crippen molar-refractivity contribution in [1.29, 1.82) is 0 Å². The van der Waals surface area contributed by atoms with Crippen LogP contribution in [-0.2, 0) is 6.54 Å². The number of pyridine rings is 1. The molecule has 0 aliphatic heterocycles. The third-order valence-electron chi connectivity index (χ3n) is 4.59. The van der Waals surface area contributed by atoms with Crippen LogP contribution in [0.5, 0.6) is 0 Å². The molecule has 0 fully saturated rings. The summed E-state index contributed by atoms with van der Waals surface area (Å²) in [5.41, 5.74) is 3.30. The molecule has 0 bridgehead atoms. The van der Waals surface area contributed by atoms with Gasteiger partial charge in [-0.15, -0.1) is 0 Å². The number of aryl methyl sites for hydroxylation is 1. The number of fused-ring (bicyclic) bond motifs is 2. The minimum Gasteiger partial charge on any atom is -0.354 e. The molecular weight excluding hydrogens is 376 g/mol. The number of H-pyrrole nitrogens is 1. The SMILES string of the molecule is Cc1nc2ccc(-c3c[nH]c4nc(NCC(C)(C)C)ncc34)nc2n1CC(F)F. The number of alkyl halides is 2. The minimum absolute atomic E-state index is 0.109. The van der Waals surface area contributed by atoms with Gasteiger partial charge in [-0.2, -0.15) is 4.98 Å². The molecule has 0 spiro atoms. The van der Waals surface area contributed by atoms with Gasteiger partial charge in [0.2, 0.25) is 5.95 Å². The topological polar surface area (TPSA) is 84.3 Å². The number of nitrogens with zero attached hydrogens (tertiary/aromatic N) is 5. The molecule has 152 valence electrons. The van der Waals surface area contributed by atoms with E-state index in [9.17, 15) is 8.78 Å². The van der Waals surface area contributed by atoms with E-state index < -0.39 is 13.0 Å². The van der Waals surface area contributed by atoms with Crippen LogP contribution in [-0.4, -0.2) is 42.5 Å². The van der Waals surface area contributed by atoms with Crippen LogP contribution in [0, 0.1) is 12.3 Å². The van der Waals surface area contributed by atoms with Crippen molar-refractivity contribution in [1.82, 2.24) is 29.5 Å². The van der Waals surface area contributed by atoms with Crippen LogP contribution in [0.3, 0.4) is 0 Å². The molecule has 0 aromatic carbocycles. The van der Waals surface area contributed by atoms with Crippen LogP contribution in [0.4, 0.5) is 14.7 Å². The second-order valence-electron chi connectivity index (χ2n) is 8.27. The lowest BCUT2D eigenvalue weighted by molar-refractivity contribution is 0.127. The van der Waals surface area contributed by atoms with Crippen molar-refractivity contribution in [2.75, 3.05) is 11.9 Å². The number of aromatic amines is 1. The zero-order valence-electron chi connectivity index (χ0n) is 16.8. The zero-order valence-corrected chi connectivity index (χ0v) is 16.8. The molecule has 0 atom stereocenters. The van der Waals surface area contributed by atoms with Gasteiger partial charge in [0, 0.05) is 29.9 Å². The van der Waals surface area contributed by atoms with E-state index in [1.165, 1.54) is 4.57 Å². The monoisotopic (exact) mass is 399 g/mol. The van der Waals surface area contributed by atoms with E-state index in [0.29, 0.717) is 34.3 Å². The van der Waals surface area contributed by atoms with Crippen molar-refractivity contribution < 1.29 is 8.78 Å². The van der Waals surface area contributed by atoms with Crippen molar-refractivity contribution in [2.24, 2.45) is 5.41 Å². The van der Waals surface area contributed by atoms with E-state index >= 15 is 0 Å². The first-order valence-corrected chi connectivity index (χ1v) is 9.42. The minimum atomic E-state index is -2.47. The molecule has 0 saturated heterocycles. The molecule has 0 radical (unpaired) electrons. The van der Waals surface area contributed by atoms with Gasteiger partial charge in [0.05, 0.1) is 12.2 Å². The number of hydrogen-bond acceptors (Lipinski definition) is 5. The maximum absolute atomic E-state index is 13.0. The molecule has 4 aromatic heterocycles. The summed E-state index contributed by atoms with van der Waals surface area (Å²) in [6, 6.07) is 3.63. The first kappa shape index (κ1) is 19.2. The van der Waals surface area contributed by atoms with Crippen molar-refractivity contribution in [3.8, 4) is 11.3 Å². The van der Waals surface area contributed by atoms with Crippen molar-refractivity contribution in [3.63, 3.8) is 0 Å². The maximum Gasteiger partial charge on any atom is 0.256 e. The van der Waals surface area contributed by atoms with Gasteiger partial charge < -0.3 is 14.9 Å². The van der Waals surface area contributed by atoms with Crippen LogP contribution in [0.1, 0.15) is 26.6 Å². The van der Waals surface area contributed by atoms with Gasteiger partial charge >= 0.3 is 0 Å². The third-order valence-corrected chi connectivity index (χ3v) is 4.59. The van der Waals surface area contributed by atoms with Gasteiger partial charge in [-0.05, 0) is 24.5 Å². The molecule has 0 aliphatic rings. The zero-order chi connectivity index (χ0) is 20.8. The Kier molecular flexibility index (Phi) is 4.68. The molecule has 0 saturated carbocycles. The largest absolute Gasteiger partial charge is 0.354 e. The van der Waals surface area contributed by atoms with Gasteiger partial charge in [-0.3, -0.25) is 0 Å². The molecule has 29 heavy (non-hydrogen) atoms. The summed E-state index contributed by atoms with van der Waals surface area (Å²) in [5.74, 6) is 1.07. The lowest BCUT2D eigenvalue weighted by Gasteiger charge is -2.18. The quantitative estimate of drug-likeness (QED) is 0.520. The van der Waals surface area contributed by atoms with Gasteiger partial charge in [-0.25, -0.2) is 23.7 Å². The van der Waals surface area contributed by atoms with Crippen LogP contribution in [0.15, 0.2) is 24.5 Å². The lowest BCUT2D eigenvalue weighted by Crippen LogP contribution is -2.20. The Bertz CT molecular complexity index is 1170. The molecule has 0 amide bonds. The van der Waals surface area contributed by atoms with Crippen molar-refractivity contribution >= 4 is 28.1 Å². The summed E-state index contributed by atoms with van der Waals surface area (Å²) in [6.07, 6.45) is 1.08. The number of halogens is 2. The van der Waals surface area contributed by atoms with Crippen LogP contribution >= 0.6 is 0 Å². The predicted octanol–water partition coefficient (Wildman–Crippen LogP) is 4.40. The second-order valence-corrected chi connectivity index (χ2v) is 8.27. The number of hydrogen-bond donors (Lipinski definition) is 2. The fourth-order valence-corrected chi connectivity index (χ4v) is 3.17. The number of rotatable bonds is 5. The number of nitrogens with one attached hydrogen (secondary N) is 2. The second kappa shape index (κ2) is 7.06. The van der Waals surface area contributed by atoms with Crippen LogP contribution < -0.4 is 5.32 Å². The summed E-state index contributed by atoms with van der Waals surface area (Å²) in [5, 5.41) is 4.05. The average molecular weight is 399 g/mol. The Hall–Kier alpha value is -3.10. The van der Waals surface area contributed by atoms with Gasteiger partial charge in [0.25, 0.3) is 6.43 Å². The van der Waals surface area contributed by atoms with E-state index in [0.717, 1.165) is 17.5 Å². The molecule has 9 heteroatoms. The summed E-state index contributed by atoms with van der Waals surface area (Å²) in [7, 11) is 0. The Labute approximate surface area is 166 Å². The standard InChI is InChI=1S/C20H23F2N7/c1-11-26-15-6-5-14(27-18(15)29(11)9-16(21)22)12-7-23-17-13(12)8-24-19(28-17)25-10-20(2,3)4/h5-8,16H,9-10H2,1-4H3,(H2,23,24,25,28). The van der Waals surface area contributed by atoms with Crippen LogP contribution in [0.25, 0.3) is 33.5 Å². The highest BCUT2D eigenvalue weighted by Crippen LogP contribution is 2.28. The fraction of sp³-hybridized carbons (Fsp3) is 0.400. The third kappa shape index (κ3) is 3.90. The smallest absolute Gasteiger partial charge is 0.256 e. The number of imidazole rings is 1. The van der Waals surface area contributed by atoms with Crippen LogP contribution in [0.2, 0.25) is 0 Å². The molecule has 4 aromatic rings. The number of anilines is 1. The molecule has 0 aliphatic carbocycles. The molecule has 2 N–H and O–H groups in total. The fourth-order valence-electron chi connectivity index (χ4n) is 3.17. The summed E-state index contributed by atoms with van der Waals surface area (Å²) in [6.45, 7) is 8.42. The van der Waals surface area contributed by atoms with Crippen molar-refractivity contribution in [3.05, 3.63) is 30.4 Å². The maximum atomic E-state index is 13.0. The Morgan fingerprint density at radius 3 is 2.69 bits per heavy atom. The first-order valence-electron chi connectivity index (χ1n) is 9.42. The average Bonchev–Trinajstić information content (AvgIpc) is 3.19. The molecule has 4 heterocycles. The molecular formula is C20H23F2N7. The van der Waals surface area contributed by atoms with E-state index in [2.05, 4.69) is 51.0 Å². The normalized spacial score (nSPS) is 12.4. The molecule has 7 nitrogen and oxygen atoms in total. The first-order chi connectivity index (χ1) is 13.7. The van der Waals surface area contributed by atoms with Gasteiger partial charge in [0.15, 0.2) is 5.65 Å². The number of aromatic nitrogens is 6. The van der Waals surface area contributed by atoms with E-state index in [-0.39, 0.29) is 5.41 Å². The van der Waals surface area contributed by atoms with E-state index in [1.807, 2.05) is 12.3 Å². The molecule has 0 unspecified atom stereocenters. The Morgan fingerprint density at radius 1 is 1.17 bits per heavy atom. The van der Waals surface area contributed by atoms with E-state index in [1.54, 1.807) is 19.2 Å². The highest BCUT2D eigenvalue weighted by molar-refractivity contribution is 5.93. The van der Waals surface area contributed by atoms with Gasteiger partial charge in [0.1, 0.15) is 17.0 Å². The Morgan fingerprint density at radius 2 is 1.97 bits per heavy atom. The highest BCUT2D eigenvalue weighted by atomic mass is 19.3. The van der Waals surface area contributed by atoms with Crippen molar-refractivity contribution in [2.45, 2.75) is 40.7 Å². The summed E-state index contributed by atoms with van der Waals surface area (Å²) < 4.78 is 27.4.